The molecule has 0 aromatic rings. The van der Waals surface area contributed by atoms with Gasteiger partial charge < -0.3 is 10.6 Å². The Labute approximate surface area is 75.4 Å². The number of likely N-dealkylation sites (tertiary alicyclic amines) is 1. The smallest absolute Gasteiger partial charge is 0.0327 e. The summed E-state index contributed by atoms with van der Waals surface area (Å²) in [4.78, 5) is 2.42. The molecule has 0 bridgehead atoms. The van der Waals surface area contributed by atoms with E-state index in [-0.39, 0.29) is 0 Å². The van der Waals surface area contributed by atoms with Crippen molar-refractivity contribution < 1.29 is 0 Å². The Morgan fingerprint density at radius 1 is 1.67 bits per heavy atom. The predicted octanol–water partition coefficient (Wildman–Crippen LogP) is 1.72. The molecule has 1 aliphatic heterocycles. The molecule has 2 nitrogen and oxygen atoms in total. The summed E-state index contributed by atoms with van der Waals surface area (Å²) in [5.74, 6) is 0. The fraction of sp³-hybridized carbons (Fsp3) is 0.800. The lowest BCUT2D eigenvalue weighted by molar-refractivity contribution is 0.400. The second kappa shape index (κ2) is 4.51. The molecule has 0 saturated carbocycles. The Balaban J connectivity index is 2.45. The van der Waals surface area contributed by atoms with Crippen LogP contribution in [0.25, 0.3) is 0 Å². The minimum Gasteiger partial charge on any atom is -0.373 e. The first-order valence-electron chi connectivity index (χ1n) is 4.93. The zero-order valence-electron chi connectivity index (χ0n) is 8.21. The van der Waals surface area contributed by atoms with Crippen molar-refractivity contribution >= 4 is 0 Å². The minimum absolute atomic E-state index is 0.400. The van der Waals surface area contributed by atoms with Gasteiger partial charge in [0.25, 0.3) is 0 Å². The van der Waals surface area contributed by atoms with E-state index in [4.69, 9.17) is 5.73 Å². The maximum atomic E-state index is 5.84. The van der Waals surface area contributed by atoms with Gasteiger partial charge in [-0.25, -0.2) is 0 Å². The van der Waals surface area contributed by atoms with E-state index in [9.17, 15) is 0 Å². The van der Waals surface area contributed by atoms with Gasteiger partial charge >= 0.3 is 0 Å². The highest BCUT2D eigenvalue weighted by Gasteiger charge is 2.19. The Kier molecular flexibility index (Phi) is 3.60. The van der Waals surface area contributed by atoms with Crippen molar-refractivity contribution in [3.63, 3.8) is 0 Å². The van der Waals surface area contributed by atoms with Crippen LogP contribution in [0.1, 0.15) is 33.1 Å². The van der Waals surface area contributed by atoms with Crippen LogP contribution in [0.3, 0.4) is 0 Å². The molecule has 0 spiro atoms. The SMILES string of the molecule is CC=C(CCC)N1CCC(N)C1. The van der Waals surface area contributed by atoms with Gasteiger partial charge in [0, 0.05) is 24.8 Å². The van der Waals surface area contributed by atoms with E-state index in [1.165, 1.54) is 18.5 Å². The molecular weight excluding hydrogens is 148 g/mol. The molecule has 1 heterocycles. The quantitative estimate of drug-likeness (QED) is 0.695. The Hall–Kier alpha value is -0.500. The van der Waals surface area contributed by atoms with Gasteiger partial charge in [-0.2, -0.15) is 0 Å². The summed E-state index contributed by atoms with van der Waals surface area (Å²) in [5, 5.41) is 0. The van der Waals surface area contributed by atoms with Crippen molar-refractivity contribution in [3.8, 4) is 0 Å². The fourth-order valence-corrected chi connectivity index (χ4v) is 1.79. The van der Waals surface area contributed by atoms with E-state index >= 15 is 0 Å². The number of rotatable bonds is 3. The highest BCUT2D eigenvalue weighted by Crippen LogP contribution is 2.17. The third-order valence-electron chi connectivity index (χ3n) is 2.47. The van der Waals surface area contributed by atoms with Gasteiger partial charge in [0.05, 0.1) is 0 Å². The Bertz CT molecular complexity index is 163. The van der Waals surface area contributed by atoms with Crippen molar-refractivity contribution in [2.75, 3.05) is 13.1 Å². The lowest BCUT2D eigenvalue weighted by Gasteiger charge is -2.21. The summed E-state index contributed by atoms with van der Waals surface area (Å²) < 4.78 is 0. The van der Waals surface area contributed by atoms with Gasteiger partial charge in [0.15, 0.2) is 0 Å². The normalized spacial score (nSPS) is 25.1. The molecule has 1 aliphatic rings. The zero-order valence-corrected chi connectivity index (χ0v) is 8.21. The monoisotopic (exact) mass is 168 g/mol. The molecule has 1 fully saturated rings. The molecule has 0 amide bonds. The van der Waals surface area contributed by atoms with Gasteiger partial charge in [-0.05, 0) is 19.8 Å². The Morgan fingerprint density at radius 2 is 2.42 bits per heavy atom. The van der Waals surface area contributed by atoms with Crippen LogP contribution in [0.4, 0.5) is 0 Å². The largest absolute Gasteiger partial charge is 0.373 e. The first-order chi connectivity index (χ1) is 5.77. The maximum absolute atomic E-state index is 5.84. The third-order valence-corrected chi connectivity index (χ3v) is 2.47. The molecule has 70 valence electrons. The van der Waals surface area contributed by atoms with E-state index in [1.807, 2.05) is 0 Å². The van der Waals surface area contributed by atoms with Gasteiger partial charge in [-0.15, -0.1) is 0 Å². The van der Waals surface area contributed by atoms with Crippen LogP contribution in [0.15, 0.2) is 11.8 Å². The van der Waals surface area contributed by atoms with Crippen LogP contribution in [-0.2, 0) is 0 Å². The molecule has 1 saturated heterocycles. The summed E-state index contributed by atoms with van der Waals surface area (Å²) in [6.45, 7) is 6.55. The van der Waals surface area contributed by atoms with Crippen molar-refractivity contribution in [1.29, 1.82) is 0 Å². The first-order valence-corrected chi connectivity index (χ1v) is 4.93. The fourth-order valence-electron chi connectivity index (χ4n) is 1.79. The minimum atomic E-state index is 0.400. The van der Waals surface area contributed by atoms with Crippen LogP contribution < -0.4 is 5.73 Å². The van der Waals surface area contributed by atoms with Gasteiger partial charge in [-0.1, -0.05) is 19.4 Å². The number of hydrogen-bond donors (Lipinski definition) is 1. The maximum Gasteiger partial charge on any atom is 0.0327 e. The second-order valence-electron chi connectivity index (χ2n) is 3.52. The van der Waals surface area contributed by atoms with Gasteiger partial charge in [-0.3, -0.25) is 0 Å². The highest BCUT2D eigenvalue weighted by molar-refractivity contribution is 5.02. The van der Waals surface area contributed by atoms with Crippen LogP contribution in [0, 0.1) is 0 Å². The molecule has 2 N–H and O–H groups in total. The summed E-state index contributed by atoms with van der Waals surface area (Å²) >= 11 is 0. The molecule has 0 radical (unpaired) electrons. The van der Waals surface area contributed by atoms with Crippen LogP contribution in [0.5, 0.6) is 0 Å². The molecule has 1 atom stereocenters. The molecule has 2 heteroatoms. The van der Waals surface area contributed by atoms with Gasteiger partial charge in [0.1, 0.15) is 0 Å². The number of hydrogen-bond acceptors (Lipinski definition) is 2. The van der Waals surface area contributed by atoms with E-state index in [0.29, 0.717) is 6.04 Å². The number of nitrogens with zero attached hydrogens (tertiary/aromatic N) is 1. The molecular formula is C10H20N2. The standard InChI is InChI=1S/C10H20N2/c1-3-5-10(4-2)12-7-6-9(11)8-12/h4,9H,3,5-8,11H2,1-2H3. The van der Waals surface area contributed by atoms with Crippen molar-refractivity contribution in [2.24, 2.45) is 5.73 Å². The molecule has 0 aromatic carbocycles. The number of nitrogens with two attached hydrogens (primary N) is 1. The third kappa shape index (κ3) is 2.24. The molecule has 1 unspecified atom stereocenters. The molecule has 1 rings (SSSR count). The van der Waals surface area contributed by atoms with Crippen LogP contribution in [0.2, 0.25) is 0 Å². The number of allylic oxidation sites excluding steroid dienone is 2. The topological polar surface area (TPSA) is 29.3 Å². The van der Waals surface area contributed by atoms with Gasteiger partial charge in [0.2, 0.25) is 0 Å². The lowest BCUT2D eigenvalue weighted by atomic mass is 10.2. The summed E-state index contributed by atoms with van der Waals surface area (Å²) in [6.07, 6.45) is 5.80. The Morgan fingerprint density at radius 3 is 2.83 bits per heavy atom. The lowest BCUT2D eigenvalue weighted by Crippen LogP contribution is -2.26. The molecule has 12 heavy (non-hydrogen) atoms. The van der Waals surface area contributed by atoms with E-state index in [1.54, 1.807) is 0 Å². The highest BCUT2D eigenvalue weighted by atomic mass is 15.2. The summed E-state index contributed by atoms with van der Waals surface area (Å²) in [5.41, 5.74) is 7.32. The molecule has 0 aromatic heterocycles. The van der Waals surface area contributed by atoms with E-state index < -0.39 is 0 Å². The van der Waals surface area contributed by atoms with E-state index in [0.717, 1.165) is 19.5 Å². The summed E-state index contributed by atoms with van der Waals surface area (Å²) in [6, 6.07) is 0.400. The van der Waals surface area contributed by atoms with E-state index in [2.05, 4.69) is 24.8 Å². The average Bonchev–Trinajstić information content (AvgIpc) is 2.47. The first kappa shape index (κ1) is 9.59. The average molecular weight is 168 g/mol. The predicted molar refractivity (Wildman–Crippen MR) is 52.8 cm³/mol. The van der Waals surface area contributed by atoms with Crippen LogP contribution in [-0.4, -0.2) is 24.0 Å². The second-order valence-corrected chi connectivity index (χ2v) is 3.52. The van der Waals surface area contributed by atoms with Crippen molar-refractivity contribution in [2.45, 2.75) is 39.2 Å². The van der Waals surface area contributed by atoms with Crippen LogP contribution >= 0.6 is 0 Å². The van der Waals surface area contributed by atoms with Crippen molar-refractivity contribution in [1.82, 2.24) is 4.90 Å². The summed E-state index contributed by atoms with van der Waals surface area (Å²) in [7, 11) is 0. The van der Waals surface area contributed by atoms with Crippen molar-refractivity contribution in [3.05, 3.63) is 11.8 Å². The molecule has 0 aliphatic carbocycles. The zero-order chi connectivity index (χ0) is 8.97.